The molecule has 0 saturated heterocycles. The summed E-state index contributed by atoms with van der Waals surface area (Å²) in [5.41, 5.74) is 12.8. The van der Waals surface area contributed by atoms with Crippen LogP contribution in [0.4, 0.5) is 5.69 Å². The van der Waals surface area contributed by atoms with E-state index in [4.69, 9.17) is 16.2 Å². The molecular formula is C15H15N3O2. The minimum atomic E-state index is -0.524. The molecule has 0 spiro atoms. The first-order valence-corrected chi connectivity index (χ1v) is 6.03. The van der Waals surface area contributed by atoms with E-state index in [0.717, 1.165) is 5.56 Å². The fourth-order valence-corrected chi connectivity index (χ4v) is 1.71. The van der Waals surface area contributed by atoms with Crippen LogP contribution in [0.15, 0.2) is 49.2 Å². The molecule has 5 nitrogen and oxygen atoms in total. The van der Waals surface area contributed by atoms with Gasteiger partial charge in [0.25, 0.3) is 0 Å². The summed E-state index contributed by atoms with van der Waals surface area (Å²) in [5, 5.41) is 0. The van der Waals surface area contributed by atoms with Crippen molar-refractivity contribution in [1.82, 2.24) is 4.98 Å². The monoisotopic (exact) mass is 269 g/mol. The molecular weight excluding hydrogens is 254 g/mol. The topological polar surface area (TPSA) is 91.2 Å². The van der Waals surface area contributed by atoms with Gasteiger partial charge in [0.05, 0.1) is 5.56 Å². The SMILES string of the molecule is C=CCc1cc(N)ccc1Oc1ccc(C(N)=O)cn1. The van der Waals surface area contributed by atoms with Gasteiger partial charge in [0, 0.05) is 23.5 Å². The molecule has 1 amide bonds. The standard InChI is InChI=1S/C15H15N3O2/c1-2-3-10-8-12(16)5-6-13(10)20-14-7-4-11(9-18-14)15(17)19/h2,4-9H,1,3,16H2,(H2,17,19). The average Bonchev–Trinajstić information content (AvgIpc) is 2.43. The molecule has 2 aromatic rings. The first-order chi connectivity index (χ1) is 9.60. The van der Waals surface area contributed by atoms with Crippen LogP contribution in [0.25, 0.3) is 0 Å². The third-order valence-electron chi connectivity index (χ3n) is 2.68. The highest BCUT2D eigenvalue weighted by molar-refractivity contribution is 5.92. The lowest BCUT2D eigenvalue weighted by atomic mass is 10.1. The zero-order chi connectivity index (χ0) is 14.5. The molecule has 1 aromatic carbocycles. The van der Waals surface area contributed by atoms with Crippen molar-refractivity contribution in [2.24, 2.45) is 5.73 Å². The molecule has 0 aliphatic heterocycles. The fraction of sp³-hybridized carbons (Fsp3) is 0.0667. The van der Waals surface area contributed by atoms with Crippen molar-refractivity contribution < 1.29 is 9.53 Å². The van der Waals surface area contributed by atoms with Crippen molar-refractivity contribution in [1.29, 1.82) is 0 Å². The third-order valence-corrected chi connectivity index (χ3v) is 2.68. The molecule has 0 atom stereocenters. The number of pyridine rings is 1. The van der Waals surface area contributed by atoms with E-state index in [1.165, 1.54) is 6.20 Å². The van der Waals surface area contributed by atoms with Crippen LogP contribution >= 0.6 is 0 Å². The number of benzene rings is 1. The lowest BCUT2D eigenvalue weighted by Gasteiger charge is -2.10. The number of nitrogens with zero attached hydrogens (tertiary/aromatic N) is 1. The van der Waals surface area contributed by atoms with E-state index in [0.29, 0.717) is 29.3 Å². The van der Waals surface area contributed by atoms with Crippen molar-refractivity contribution in [3.8, 4) is 11.6 Å². The number of anilines is 1. The number of carbonyl (C=O) groups excluding carboxylic acids is 1. The van der Waals surface area contributed by atoms with Gasteiger partial charge in [-0.3, -0.25) is 4.79 Å². The molecule has 20 heavy (non-hydrogen) atoms. The van der Waals surface area contributed by atoms with Crippen LogP contribution in [-0.4, -0.2) is 10.9 Å². The van der Waals surface area contributed by atoms with Gasteiger partial charge < -0.3 is 16.2 Å². The summed E-state index contributed by atoms with van der Waals surface area (Å²) in [4.78, 5) is 15.0. The molecule has 1 heterocycles. The number of aromatic nitrogens is 1. The summed E-state index contributed by atoms with van der Waals surface area (Å²) >= 11 is 0. The number of nitrogens with two attached hydrogens (primary N) is 2. The molecule has 0 radical (unpaired) electrons. The van der Waals surface area contributed by atoms with Gasteiger partial charge in [0.15, 0.2) is 0 Å². The highest BCUT2D eigenvalue weighted by Crippen LogP contribution is 2.26. The maximum Gasteiger partial charge on any atom is 0.250 e. The number of primary amides is 1. The van der Waals surface area contributed by atoms with Gasteiger partial charge in [-0.15, -0.1) is 6.58 Å². The number of hydrogen-bond donors (Lipinski definition) is 2. The van der Waals surface area contributed by atoms with E-state index >= 15 is 0 Å². The van der Waals surface area contributed by atoms with E-state index in [2.05, 4.69) is 11.6 Å². The molecule has 4 N–H and O–H groups in total. The summed E-state index contributed by atoms with van der Waals surface area (Å²) in [6, 6.07) is 8.51. The van der Waals surface area contributed by atoms with Gasteiger partial charge in [-0.25, -0.2) is 4.98 Å². The van der Waals surface area contributed by atoms with Gasteiger partial charge in [0.2, 0.25) is 11.8 Å². The molecule has 0 bridgehead atoms. The zero-order valence-electron chi connectivity index (χ0n) is 10.9. The Morgan fingerprint density at radius 3 is 2.75 bits per heavy atom. The molecule has 102 valence electrons. The minimum absolute atomic E-state index is 0.334. The molecule has 0 aliphatic carbocycles. The number of hydrogen-bond acceptors (Lipinski definition) is 4. The maximum absolute atomic E-state index is 11.0. The minimum Gasteiger partial charge on any atom is -0.439 e. The third kappa shape index (κ3) is 3.14. The van der Waals surface area contributed by atoms with Gasteiger partial charge in [-0.05, 0) is 30.7 Å². The lowest BCUT2D eigenvalue weighted by Crippen LogP contribution is -2.10. The van der Waals surface area contributed by atoms with Crippen molar-refractivity contribution >= 4 is 11.6 Å². The Bertz CT molecular complexity index is 636. The average molecular weight is 269 g/mol. The Morgan fingerprint density at radius 2 is 2.15 bits per heavy atom. The summed E-state index contributed by atoms with van der Waals surface area (Å²) < 4.78 is 5.69. The second-order valence-electron chi connectivity index (χ2n) is 4.21. The number of carbonyl (C=O) groups is 1. The fourth-order valence-electron chi connectivity index (χ4n) is 1.71. The molecule has 5 heteroatoms. The van der Waals surface area contributed by atoms with E-state index in [1.54, 1.807) is 30.3 Å². The molecule has 0 aliphatic rings. The number of nitrogen functional groups attached to an aromatic ring is 1. The predicted octanol–water partition coefficient (Wildman–Crippen LogP) is 2.28. The predicted molar refractivity (Wildman–Crippen MR) is 77.6 cm³/mol. The number of amides is 1. The van der Waals surface area contributed by atoms with Crippen molar-refractivity contribution in [3.05, 3.63) is 60.3 Å². The number of allylic oxidation sites excluding steroid dienone is 1. The second kappa shape index (κ2) is 5.88. The smallest absolute Gasteiger partial charge is 0.250 e. The second-order valence-corrected chi connectivity index (χ2v) is 4.21. The molecule has 0 saturated carbocycles. The zero-order valence-corrected chi connectivity index (χ0v) is 10.9. The highest BCUT2D eigenvalue weighted by Gasteiger charge is 2.07. The maximum atomic E-state index is 11.0. The van der Waals surface area contributed by atoms with E-state index in [-0.39, 0.29) is 0 Å². The van der Waals surface area contributed by atoms with Gasteiger partial charge in [0.1, 0.15) is 5.75 Å². The first kappa shape index (κ1) is 13.6. The number of rotatable bonds is 5. The first-order valence-electron chi connectivity index (χ1n) is 6.03. The molecule has 0 unspecified atom stereocenters. The Hall–Kier alpha value is -2.82. The summed E-state index contributed by atoms with van der Waals surface area (Å²) in [7, 11) is 0. The quantitative estimate of drug-likeness (QED) is 0.643. The lowest BCUT2D eigenvalue weighted by molar-refractivity contribution is 0.1000. The normalized spacial score (nSPS) is 10.0. The highest BCUT2D eigenvalue weighted by atomic mass is 16.5. The summed E-state index contributed by atoms with van der Waals surface area (Å²) in [6.45, 7) is 3.70. The van der Waals surface area contributed by atoms with Crippen molar-refractivity contribution in [3.63, 3.8) is 0 Å². The van der Waals surface area contributed by atoms with E-state index in [9.17, 15) is 4.79 Å². The molecule has 1 aromatic heterocycles. The van der Waals surface area contributed by atoms with Crippen molar-refractivity contribution in [2.45, 2.75) is 6.42 Å². The Labute approximate surface area is 116 Å². The van der Waals surface area contributed by atoms with Gasteiger partial charge >= 0.3 is 0 Å². The van der Waals surface area contributed by atoms with Crippen LogP contribution in [-0.2, 0) is 6.42 Å². The van der Waals surface area contributed by atoms with Gasteiger partial charge in [-0.1, -0.05) is 6.08 Å². The largest absolute Gasteiger partial charge is 0.439 e. The molecule has 2 rings (SSSR count). The number of ether oxygens (including phenoxy) is 1. The Morgan fingerprint density at radius 1 is 1.35 bits per heavy atom. The van der Waals surface area contributed by atoms with Crippen LogP contribution < -0.4 is 16.2 Å². The van der Waals surface area contributed by atoms with Crippen LogP contribution in [0.1, 0.15) is 15.9 Å². The van der Waals surface area contributed by atoms with Crippen LogP contribution in [0, 0.1) is 0 Å². The van der Waals surface area contributed by atoms with Crippen LogP contribution in [0.5, 0.6) is 11.6 Å². The van der Waals surface area contributed by atoms with Crippen LogP contribution in [0.3, 0.4) is 0 Å². The Balaban J connectivity index is 2.25. The van der Waals surface area contributed by atoms with Crippen molar-refractivity contribution in [2.75, 3.05) is 5.73 Å². The summed E-state index contributed by atoms with van der Waals surface area (Å²) in [5.74, 6) is 0.507. The molecule has 0 fully saturated rings. The van der Waals surface area contributed by atoms with E-state index < -0.39 is 5.91 Å². The van der Waals surface area contributed by atoms with Gasteiger partial charge in [-0.2, -0.15) is 0 Å². The van der Waals surface area contributed by atoms with Crippen LogP contribution in [0.2, 0.25) is 0 Å². The van der Waals surface area contributed by atoms with E-state index in [1.807, 2.05) is 6.07 Å². The summed E-state index contributed by atoms with van der Waals surface area (Å²) in [6.07, 6.45) is 3.78. The Kier molecular flexibility index (Phi) is 4.00.